The van der Waals surface area contributed by atoms with E-state index >= 15 is 0 Å². The molecule has 3 rings (SSSR count). The summed E-state index contributed by atoms with van der Waals surface area (Å²) in [5.74, 6) is 0.465. The molecular weight excluding hydrogens is 362 g/mol. The summed E-state index contributed by atoms with van der Waals surface area (Å²) in [6.07, 6.45) is 0. The number of aryl methyl sites for hydroxylation is 1. The molecule has 0 radical (unpaired) electrons. The summed E-state index contributed by atoms with van der Waals surface area (Å²) in [5, 5.41) is 4.37. The Kier molecular flexibility index (Phi) is 4.89. The molecule has 0 aliphatic carbocycles. The van der Waals surface area contributed by atoms with Crippen molar-refractivity contribution in [3.63, 3.8) is 0 Å². The molecule has 1 aromatic heterocycles. The molecule has 130 valence electrons. The third kappa shape index (κ3) is 3.89. The van der Waals surface area contributed by atoms with Gasteiger partial charge in [-0.15, -0.1) is 0 Å². The number of benzene rings is 2. The van der Waals surface area contributed by atoms with Crippen LogP contribution in [0, 0.1) is 6.92 Å². The lowest BCUT2D eigenvalue weighted by Gasteiger charge is -2.10. The highest BCUT2D eigenvalue weighted by Crippen LogP contribution is 2.26. The Labute approximate surface area is 150 Å². The summed E-state index contributed by atoms with van der Waals surface area (Å²) in [4.78, 5) is 4.42. The Morgan fingerprint density at radius 1 is 1.12 bits per heavy atom. The molecule has 1 atom stereocenters. The van der Waals surface area contributed by atoms with Crippen molar-refractivity contribution >= 4 is 21.6 Å². The van der Waals surface area contributed by atoms with E-state index in [1.54, 1.807) is 55.5 Å². The lowest BCUT2D eigenvalue weighted by atomic mass is 10.2. The van der Waals surface area contributed by atoms with E-state index in [4.69, 9.17) is 16.1 Å². The Morgan fingerprint density at radius 3 is 2.48 bits per heavy atom. The van der Waals surface area contributed by atoms with Gasteiger partial charge >= 0.3 is 0 Å². The van der Waals surface area contributed by atoms with Crippen molar-refractivity contribution in [3.05, 3.63) is 65.0 Å². The molecule has 0 aliphatic rings. The second kappa shape index (κ2) is 6.95. The highest BCUT2D eigenvalue weighted by atomic mass is 35.5. The fraction of sp³-hybridized carbons (Fsp3) is 0.176. The monoisotopic (exact) mass is 377 g/mol. The maximum atomic E-state index is 12.4. The molecule has 3 aromatic rings. The number of hydrogen-bond donors (Lipinski definition) is 1. The SMILES string of the molecule is Cc1ccc(S(=O)(=O)NC(C)c2nc(-c3ccccc3Cl)no2)cc1. The van der Waals surface area contributed by atoms with Gasteiger partial charge in [0.2, 0.25) is 21.7 Å². The fourth-order valence-electron chi connectivity index (χ4n) is 2.23. The Bertz CT molecular complexity index is 984. The summed E-state index contributed by atoms with van der Waals surface area (Å²) in [6, 6.07) is 13.0. The van der Waals surface area contributed by atoms with Crippen molar-refractivity contribution in [1.29, 1.82) is 0 Å². The molecule has 0 spiro atoms. The van der Waals surface area contributed by atoms with E-state index in [0.717, 1.165) is 5.56 Å². The van der Waals surface area contributed by atoms with Gasteiger partial charge in [0, 0.05) is 5.56 Å². The van der Waals surface area contributed by atoms with Crippen LogP contribution < -0.4 is 4.72 Å². The highest BCUT2D eigenvalue weighted by Gasteiger charge is 2.23. The zero-order chi connectivity index (χ0) is 18.0. The first kappa shape index (κ1) is 17.6. The number of rotatable bonds is 5. The first-order chi connectivity index (χ1) is 11.9. The second-order valence-electron chi connectivity index (χ2n) is 5.59. The summed E-state index contributed by atoms with van der Waals surface area (Å²) in [5.41, 5.74) is 1.60. The minimum absolute atomic E-state index is 0.158. The number of aromatic nitrogens is 2. The maximum Gasteiger partial charge on any atom is 0.244 e. The zero-order valence-corrected chi connectivity index (χ0v) is 15.2. The van der Waals surface area contributed by atoms with Gasteiger partial charge in [-0.2, -0.15) is 9.71 Å². The average Bonchev–Trinajstić information content (AvgIpc) is 3.05. The molecule has 0 amide bonds. The van der Waals surface area contributed by atoms with Crippen LogP contribution in [0.1, 0.15) is 24.4 Å². The van der Waals surface area contributed by atoms with Crippen LogP contribution in [0.4, 0.5) is 0 Å². The first-order valence-corrected chi connectivity index (χ1v) is 9.40. The van der Waals surface area contributed by atoms with Gasteiger partial charge in [0.25, 0.3) is 0 Å². The van der Waals surface area contributed by atoms with E-state index in [0.29, 0.717) is 16.4 Å². The van der Waals surface area contributed by atoms with Crippen LogP contribution in [0.5, 0.6) is 0 Å². The van der Waals surface area contributed by atoms with Crippen LogP contribution in [0.2, 0.25) is 5.02 Å². The maximum absolute atomic E-state index is 12.4. The molecule has 2 aromatic carbocycles. The van der Waals surface area contributed by atoms with Crippen molar-refractivity contribution in [2.45, 2.75) is 24.8 Å². The molecule has 0 fully saturated rings. The molecule has 0 bridgehead atoms. The molecule has 25 heavy (non-hydrogen) atoms. The van der Waals surface area contributed by atoms with E-state index in [2.05, 4.69) is 14.9 Å². The Hall–Kier alpha value is -2.22. The molecule has 6 nitrogen and oxygen atoms in total. The molecule has 1 N–H and O–H groups in total. The van der Waals surface area contributed by atoms with E-state index in [9.17, 15) is 8.42 Å². The van der Waals surface area contributed by atoms with Crippen molar-refractivity contribution in [1.82, 2.24) is 14.9 Å². The van der Waals surface area contributed by atoms with Gasteiger partial charge in [0.1, 0.15) is 0 Å². The number of sulfonamides is 1. The van der Waals surface area contributed by atoms with Gasteiger partial charge in [-0.05, 0) is 38.1 Å². The first-order valence-electron chi connectivity index (χ1n) is 7.54. The molecule has 8 heteroatoms. The van der Waals surface area contributed by atoms with E-state index in [1.165, 1.54) is 0 Å². The van der Waals surface area contributed by atoms with Crippen molar-refractivity contribution in [3.8, 4) is 11.4 Å². The van der Waals surface area contributed by atoms with Gasteiger partial charge in [0.05, 0.1) is 16.0 Å². The molecule has 0 saturated heterocycles. The largest absolute Gasteiger partial charge is 0.337 e. The van der Waals surface area contributed by atoms with Crippen LogP contribution in [0.15, 0.2) is 57.9 Å². The molecule has 0 aliphatic heterocycles. The minimum atomic E-state index is -3.69. The fourth-order valence-corrected chi connectivity index (χ4v) is 3.65. The predicted molar refractivity (Wildman–Crippen MR) is 94.7 cm³/mol. The van der Waals surface area contributed by atoms with Gasteiger partial charge < -0.3 is 4.52 Å². The highest BCUT2D eigenvalue weighted by molar-refractivity contribution is 7.89. The average molecular weight is 378 g/mol. The van der Waals surface area contributed by atoms with Crippen LogP contribution in [-0.4, -0.2) is 18.6 Å². The summed E-state index contributed by atoms with van der Waals surface area (Å²) >= 11 is 6.11. The van der Waals surface area contributed by atoms with Crippen LogP contribution in [0.3, 0.4) is 0 Å². The summed E-state index contributed by atoms with van der Waals surface area (Å²) < 4.78 is 32.6. The van der Waals surface area contributed by atoms with Crippen molar-refractivity contribution < 1.29 is 12.9 Å². The Morgan fingerprint density at radius 2 is 1.80 bits per heavy atom. The standard InChI is InChI=1S/C17H16ClN3O3S/c1-11-7-9-13(10-8-11)25(22,23)21-12(2)17-19-16(20-24-17)14-5-3-4-6-15(14)18/h3-10,12,21H,1-2H3. The molecular formula is C17H16ClN3O3S. The normalized spacial score (nSPS) is 12.9. The summed E-state index contributed by atoms with van der Waals surface area (Å²) in [6.45, 7) is 3.52. The van der Waals surface area contributed by atoms with Crippen molar-refractivity contribution in [2.24, 2.45) is 0 Å². The third-order valence-corrected chi connectivity index (χ3v) is 5.48. The van der Waals surface area contributed by atoms with Crippen LogP contribution in [0.25, 0.3) is 11.4 Å². The smallest absolute Gasteiger partial charge is 0.244 e. The van der Waals surface area contributed by atoms with Gasteiger partial charge in [-0.3, -0.25) is 0 Å². The quantitative estimate of drug-likeness (QED) is 0.732. The topological polar surface area (TPSA) is 85.1 Å². The Balaban J connectivity index is 1.81. The number of nitrogens with one attached hydrogen (secondary N) is 1. The van der Waals surface area contributed by atoms with Crippen molar-refractivity contribution in [2.75, 3.05) is 0 Å². The molecule has 1 heterocycles. The number of halogens is 1. The van der Waals surface area contributed by atoms with Gasteiger partial charge in [-0.25, -0.2) is 8.42 Å². The third-order valence-electron chi connectivity index (χ3n) is 3.59. The second-order valence-corrected chi connectivity index (χ2v) is 7.71. The lowest BCUT2D eigenvalue weighted by Crippen LogP contribution is -2.27. The summed E-state index contributed by atoms with van der Waals surface area (Å²) in [7, 11) is -3.69. The van der Waals surface area contributed by atoms with Gasteiger partial charge in [-0.1, -0.05) is 46.6 Å². The zero-order valence-electron chi connectivity index (χ0n) is 13.6. The van der Waals surface area contributed by atoms with Crippen LogP contribution in [-0.2, 0) is 10.0 Å². The molecule has 0 saturated carbocycles. The van der Waals surface area contributed by atoms with E-state index in [-0.39, 0.29) is 10.8 Å². The van der Waals surface area contributed by atoms with Crippen LogP contribution >= 0.6 is 11.6 Å². The van der Waals surface area contributed by atoms with E-state index in [1.807, 2.05) is 6.92 Å². The minimum Gasteiger partial charge on any atom is -0.337 e. The molecule has 1 unspecified atom stereocenters. The predicted octanol–water partition coefficient (Wildman–Crippen LogP) is 3.74. The lowest BCUT2D eigenvalue weighted by molar-refractivity contribution is 0.354. The number of nitrogens with zero attached hydrogens (tertiary/aromatic N) is 2. The number of hydrogen-bond acceptors (Lipinski definition) is 5. The van der Waals surface area contributed by atoms with Gasteiger partial charge in [0.15, 0.2) is 0 Å². The van der Waals surface area contributed by atoms with E-state index < -0.39 is 16.1 Å².